The van der Waals surface area contributed by atoms with E-state index in [2.05, 4.69) is 15.0 Å². The summed E-state index contributed by atoms with van der Waals surface area (Å²) in [6.07, 6.45) is 8.03. The van der Waals surface area contributed by atoms with Crippen molar-refractivity contribution in [1.29, 1.82) is 0 Å². The lowest BCUT2D eigenvalue weighted by Gasteiger charge is -2.30. The van der Waals surface area contributed by atoms with Crippen LogP contribution in [0.5, 0.6) is 0 Å². The van der Waals surface area contributed by atoms with Gasteiger partial charge in [0, 0.05) is 17.9 Å². The second-order valence-corrected chi connectivity index (χ2v) is 6.67. The second kappa shape index (κ2) is 5.11. The Morgan fingerprint density at radius 2 is 2.05 bits per heavy atom. The third-order valence-electron chi connectivity index (χ3n) is 5.19. The van der Waals surface area contributed by atoms with Crippen molar-refractivity contribution in [3.8, 4) is 0 Å². The molecule has 0 radical (unpaired) electrons. The summed E-state index contributed by atoms with van der Waals surface area (Å²) in [7, 11) is 0. The molecule has 5 nitrogen and oxygen atoms in total. The minimum Gasteiger partial charge on any atom is -0.393 e. The third-order valence-corrected chi connectivity index (χ3v) is 5.19. The zero-order chi connectivity index (χ0) is 13.5. The maximum absolute atomic E-state index is 10.1. The highest BCUT2D eigenvalue weighted by molar-refractivity contribution is 5.02. The van der Waals surface area contributed by atoms with Gasteiger partial charge in [-0.15, -0.1) is 0 Å². The quantitative estimate of drug-likeness (QED) is 0.913. The molecule has 20 heavy (non-hydrogen) atoms. The van der Waals surface area contributed by atoms with Crippen LogP contribution >= 0.6 is 0 Å². The Morgan fingerprint density at radius 1 is 1.15 bits per heavy atom. The molecule has 0 amide bonds. The summed E-state index contributed by atoms with van der Waals surface area (Å²) in [5, 5.41) is 14.3. The molecule has 1 saturated heterocycles. The molecular formula is C15H23N3O2. The van der Waals surface area contributed by atoms with Gasteiger partial charge in [-0.1, -0.05) is 11.6 Å². The summed E-state index contributed by atoms with van der Waals surface area (Å²) in [6, 6.07) is 0.510. The van der Waals surface area contributed by atoms with Gasteiger partial charge in [0.2, 0.25) is 5.89 Å². The molecule has 1 N–H and O–H groups in total. The van der Waals surface area contributed by atoms with Crippen LogP contribution in [0.4, 0.5) is 0 Å². The molecule has 3 fully saturated rings. The first-order valence-corrected chi connectivity index (χ1v) is 8.06. The van der Waals surface area contributed by atoms with E-state index in [1.165, 1.54) is 38.5 Å². The SMILES string of the molecule is OC1CCCC1C1CCCN1Cc1noc(C2CC2)n1. The Bertz CT molecular complexity index is 471. The highest BCUT2D eigenvalue weighted by Gasteiger charge is 2.38. The van der Waals surface area contributed by atoms with Crippen molar-refractivity contribution in [3.05, 3.63) is 11.7 Å². The number of aromatic nitrogens is 2. The van der Waals surface area contributed by atoms with Crippen molar-refractivity contribution >= 4 is 0 Å². The Morgan fingerprint density at radius 3 is 2.80 bits per heavy atom. The van der Waals surface area contributed by atoms with Crippen LogP contribution in [-0.4, -0.2) is 38.8 Å². The Balaban J connectivity index is 1.43. The van der Waals surface area contributed by atoms with Gasteiger partial charge in [0.05, 0.1) is 12.6 Å². The summed E-state index contributed by atoms with van der Waals surface area (Å²) in [5.74, 6) is 2.64. The number of likely N-dealkylation sites (tertiary alicyclic amines) is 1. The lowest BCUT2D eigenvalue weighted by atomic mass is 9.94. The average Bonchev–Trinajstić information content (AvgIpc) is 2.85. The van der Waals surface area contributed by atoms with Crippen LogP contribution in [-0.2, 0) is 6.54 Å². The van der Waals surface area contributed by atoms with Crippen molar-refractivity contribution in [2.45, 2.75) is 69.6 Å². The number of nitrogens with zero attached hydrogens (tertiary/aromatic N) is 3. The van der Waals surface area contributed by atoms with Gasteiger partial charge in [-0.05, 0) is 45.1 Å². The molecule has 2 aliphatic carbocycles. The molecule has 1 aliphatic heterocycles. The van der Waals surface area contributed by atoms with Gasteiger partial charge in [-0.2, -0.15) is 4.98 Å². The van der Waals surface area contributed by atoms with E-state index in [1.807, 2.05) is 0 Å². The molecule has 0 bridgehead atoms. The van der Waals surface area contributed by atoms with Gasteiger partial charge in [-0.25, -0.2) is 0 Å². The third kappa shape index (κ3) is 2.37. The summed E-state index contributed by atoms with van der Waals surface area (Å²) >= 11 is 0. The zero-order valence-corrected chi connectivity index (χ0v) is 11.9. The number of hydrogen-bond acceptors (Lipinski definition) is 5. The minimum absolute atomic E-state index is 0.104. The highest BCUT2D eigenvalue weighted by Crippen LogP contribution is 2.39. The monoisotopic (exact) mass is 277 g/mol. The lowest BCUT2D eigenvalue weighted by Crippen LogP contribution is -2.38. The molecule has 1 aromatic rings. The molecule has 3 aliphatic rings. The van der Waals surface area contributed by atoms with Gasteiger partial charge in [0.15, 0.2) is 5.82 Å². The van der Waals surface area contributed by atoms with Gasteiger partial charge >= 0.3 is 0 Å². The predicted octanol–water partition coefficient (Wildman–Crippen LogP) is 2.07. The molecule has 0 spiro atoms. The van der Waals surface area contributed by atoms with Crippen LogP contribution in [0.2, 0.25) is 0 Å². The minimum atomic E-state index is -0.104. The van der Waals surface area contributed by atoms with Gasteiger partial charge < -0.3 is 9.63 Å². The Kier molecular flexibility index (Phi) is 3.27. The van der Waals surface area contributed by atoms with Crippen molar-refractivity contribution in [2.75, 3.05) is 6.54 Å². The Labute approximate surface area is 119 Å². The number of aliphatic hydroxyl groups is 1. The molecule has 2 saturated carbocycles. The second-order valence-electron chi connectivity index (χ2n) is 6.67. The highest BCUT2D eigenvalue weighted by atomic mass is 16.5. The fourth-order valence-corrected chi connectivity index (χ4v) is 3.96. The number of rotatable bonds is 4. The molecule has 4 rings (SSSR count). The lowest BCUT2D eigenvalue weighted by molar-refractivity contribution is 0.0706. The van der Waals surface area contributed by atoms with Crippen molar-refractivity contribution in [2.24, 2.45) is 5.92 Å². The van der Waals surface area contributed by atoms with Crippen molar-refractivity contribution < 1.29 is 9.63 Å². The summed E-state index contributed by atoms with van der Waals surface area (Å²) in [5.41, 5.74) is 0. The normalized spacial score (nSPS) is 35.0. The van der Waals surface area contributed by atoms with Crippen LogP contribution in [0.15, 0.2) is 4.52 Å². The predicted molar refractivity (Wildman–Crippen MR) is 73.1 cm³/mol. The van der Waals surface area contributed by atoms with Crippen LogP contribution < -0.4 is 0 Å². The van der Waals surface area contributed by atoms with E-state index in [0.29, 0.717) is 17.9 Å². The molecular weight excluding hydrogens is 254 g/mol. The summed E-state index contributed by atoms with van der Waals surface area (Å²) in [6.45, 7) is 1.88. The zero-order valence-electron chi connectivity index (χ0n) is 11.9. The standard InChI is InChI=1S/C15H23N3O2/c19-13-5-1-3-11(13)12-4-2-8-18(12)9-14-16-15(20-17-14)10-6-7-10/h10-13,19H,1-9H2. The fraction of sp³-hybridized carbons (Fsp3) is 0.867. The van der Waals surface area contributed by atoms with Crippen LogP contribution in [0.25, 0.3) is 0 Å². The fourth-order valence-electron chi connectivity index (χ4n) is 3.96. The van der Waals surface area contributed by atoms with Gasteiger partial charge in [-0.3, -0.25) is 4.90 Å². The molecule has 0 aromatic carbocycles. The first-order chi connectivity index (χ1) is 9.81. The maximum Gasteiger partial charge on any atom is 0.229 e. The van der Waals surface area contributed by atoms with E-state index < -0.39 is 0 Å². The number of aliphatic hydroxyl groups excluding tert-OH is 1. The van der Waals surface area contributed by atoms with Crippen LogP contribution in [0, 0.1) is 5.92 Å². The van der Waals surface area contributed by atoms with E-state index in [0.717, 1.165) is 31.2 Å². The molecule has 3 unspecified atom stereocenters. The van der Waals surface area contributed by atoms with Crippen LogP contribution in [0.3, 0.4) is 0 Å². The molecule has 2 heterocycles. The summed E-state index contributed by atoms with van der Waals surface area (Å²) < 4.78 is 5.34. The van der Waals surface area contributed by atoms with Crippen molar-refractivity contribution in [1.82, 2.24) is 15.0 Å². The average molecular weight is 277 g/mol. The van der Waals surface area contributed by atoms with E-state index in [-0.39, 0.29) is 6.10 Å². The smallest absolute Gasteiger partial charge is 0.229 e. The van der Waals surface area contributed by atoms with E-state index in [9.17, 15) is 5.11 Å². The largest absolute Gasteiger partial charge is 0.393 e. The maximum atomic E-state index is 10.1. The molecule has 110 valence electrons. The van der Waals surface area contributed by atoms with Crippen LogP contribution in [0.1, 0.15) is 62.6 Å². The first-order valence-electron chi connectivity index (χ1n) is 8.06. The Hall–Kier alpha value is -0.940. The molecule has 1 aromatic heterocycles. The van der Waals surface area contributed by atoms with Gasteiger partial charge in [0.25, 0.3) is 0 Å². The van der Waals surface area contributed by atoms with E-state index in [4.69, 9.17) is 4.52 Å². The molecule has 5 heteroatoms. The summed E-state index contributed by atoms with van der Waals surface area (Å²) in [4.78, 5) is 6.99. The van der Waals surface area contributed by atoms with Crippen molar-refractivity contribution in [3.63, 3.8) is 0 Å². The topological polar surface area (TPSA) is 62.4 Å². The van der Waals surface area contributed by atoms with E-state index >= 15 is 0 Å². The first kappa shape index (κ1) is 12.8. The van der Waals surface area contributed by atoms with Gasteiger partial charge in [0.1, 0.15) is 0 Å². The molecule has 3 atom stereocenters. The van der Waals surface area contributed by atoms with E-state index in [1.54, 1.807) is 0 Å². The number of hydrogen-bond donors (Lipinski definition) is 1.